The van der Waals surface area contributed by atoms with Crippen LogP contribution in [-0.2, 0) is 12.2 Å². The summed E-state index contributed by atoms with van der Waals surface area (Å²) in [7, 11) is 0. The van der Waals surface area contributed by atoms with Gasteiger partial charge in [0.25, 0.3) is 0 Å². The molecule has 124 valence electrons. The van der Waals surface area contributed by atoms with Crippen molar-refractivity contribution >= 4 is 17.4 Å². The zero-order valence-corrected chi connectivity index (χ0v) is 14.5. The third-order valence-electron chi connectivity index (χ3n) is 4.02. The van der Waals surface area contributed by atoms with E-state index in [4.69, 9.17) is 9.47 Å². The molecule has 0 N–H and O–H groups in total. The summed E-state index contributed by atoms with van der Waals surface area (Å²) in [5.74, 6) is 2.68. The maximum Gasteiger partial charge on any atom is 0.195 e. The van der Waals surface area contributed by atoms with Gasteiger partial charge in [-0.1, -0.05) is 17.8 Å². The molecule has 1 unspecified atom stereocenters. The highest BCUT2D eigenvalue weighted by Gasteiger charge is 2.22. The van der Waals surface area contributed by atoms with Gasteiger partial charge in [-0.15, -0.1) is 10.2 Å². The van der Waals surface area contributed by atoms with E-state index in [-0.39, 0.29) is 6.10 Å². The van der Waals surface area contributed by atoms with Gasteiger partial charge < -0.3 is 9.47 Å². The molecule has 0 radical (unpaired) electrons. The molecule has 0 spiro atoms. The Balaban J connectivity index is 1.60. The van der Waals surface area contributed by atoms with Crippen LogP contribution in [0.1, 0.15) is 25.0 Å². The predicted molar refractivity (Wildman–Crippen MR) is 94.0 cm³/mol. The van der Waals surface area contributed by atoms with Gasteiger partial charge in [0.2, 0.25) is 0 Å². The second-order valence-corrected chi connectivity index (χ2v) is 6.78. The summed E-state index contributed by atoms with van der Waals surface area (Å²) in [5, 5.41) is 9.35. The minimum Gasteiger partial charge on any atom is -0.494 e. The third kappa shape index (κ3) is 2.82. The van der Waals surface area contributed by atoms with Crippen molar-refractivity contribution in [2.75, 3.05) is 6.61 Å². The van der Waals surface area contributed by atoms with Crippen molar-refractivity contribution in [1.82, 2.24) is 14.6 Å². The van der Waals surface area contributed by atoms with Crippen molar-refractivity contribution in [3.05, 3.63) is 47.7 Å². The number of rotatable bonds is 5. The summed E-state index contributed by atoms with van der Waals surface area (Å²) in [5.41, 5.74) is 3.21. The highest BCUT2D eigenvalue weighted by molar-refractivity contribution is 7.98. The molecule has 6 heteroatoms. The Morgan fingerprint density at radius 1 is 1.33 bits per heavy atom. The van der Waals surface area contributed by atoms with Gasteiger partial charge in [-0.3, -0.25) is 4.40 Å². The quantitative estimate of drug-likeness (QED) is 0.662. The van der Waals surface area contributed by atoms with Gasteiger partial charge in [0.1, 0.15) is 17.6 Å². The van der Waals surface area contributed by atoms with Crippen LogP contribution < -0.4 is 9.47 Å². The fourth-order valence-corrected chi connectivity index (χ4v) is 3.85. The van der Waals surface area contributed by atoms with Crippen molar-refractivity contribution in [3.8, 4) is 11.5 Å². The first kappa shape index (κ1) is 15.3. The average molecular weight is 341 g/mol. The zero-order chi connectivity index (χ0) is 16.5. The molecule has 3 heterocycles. The highest BCUT2D eigenvalue weighted by atomic mass is 32.2. The summed E-state index contributed by atoms with van der Waals surface area (Å²) in [6.45, 7) is 4.76. The molecule has 3 aromatic rings. The third-order valence-corrected chi connectivity index (χ3v) is 5.01. The maximum atomic E-state index is 5.89. The van der Waals surface area contributed by atoms with Crippen LogP contribution in [0.5, 0.6) is 11.5 Å². The van der Waals surface area contributed by atoms with Crippen molar-refractivity contribution < 1.29 is 9.47 Å². The zero-order valence-electron chi connectivity index (χ0n) is 13.7. The summed E-state index contributed by atoms with van der Waals surface area (Å²) >= 11 is 1.65. The topological polar surface area (TPSA) is 48.7 Å². The van der Waals surface area contributed by atoms with E-state index in [0.29, 0.717) is 6.61 Å². The Hall–Kier alpha value is -2.21. The fourth-order valence-electron chi connectivity index (χ4n) is 2.94. The minimum absolute atomic E-state index is 0.234. The van der Waals surface area contributed by atoms with Crippen molar-refractivity contribution in [1.29, 1.82) is 0 Å². The second-order valence-electron chi connectivity index (χ2n) is 5.83. The van der Waals surface area contributed by atoms with Crippen LogP contribution in [0.2, 0.25) is 0 Å². The van der Waals surface area contributed by atoms with E-state index in [1.54, 1.807) is 11.8 Å². The van der Waals surface area contributed by atoms with E-state index in [9.17, 15) is 0 Å². The second kappa shape index (κ2) is 6.36. The minimum atomic E-state index is 0.234. The lowest BCUT2D eigenvalue weighted by atomic mass is 10.1. The van der Waals surface area contributed by atoms with Gasteiger partial charge >= 0.3 is 0 Å². The summed E-state index contributed by atoms with van der Waals surface area (Å²) < 4.78 is 13.7. The van der Waals surface area contributed by atoms with Crippen LogP contribution in [0, 0.1) is 0 Å². The van der Waals surface area contributed by atoms with E-state index < -0.39 is 0 Å². The average Bonchev–Trinajstić information content (AvgIpc) is 3.15. The molecule has 0 aliphatic carbocycles. The molecule has 0 saturated heterocycles. The highest BCUT2D eigenvalue weighted by Crippen LogP contribution is 2.37. The van der Waals surface area contributed by atoms with Gasteiger partial charge in [0, 0.05) is 29.5 Å². The first-order valence-corrected chi connectivity index (χ1v) is 9.11. The van der Waals surface area contributed by atoms with E-state index in [0.717, 1.165) is 40.0 Å². The van der Waals surface area contributed by atoms with E-state index in [2.05, 4.69) is 29.3 Å². The normalized spacial score (nSPS) is 16.2. The number of thioether (sulfide) groups is 1. The van der Waals surface area contributed by atoms with Crippen LogP contribution in [-0.4, -0.2) is 27.3 Å². The number of hydrogen-bond acceptors (Lipinski definition) is 5. The molecule has 0 saturated carbocycles. The summed E-state index contributed by atoms with van der Waals surface area (Å²) in [6, 6.07) is 10.1. The van der Waals surface area contributed by atoms with Crippen LogP contribution in [0.4, 0.5) is 0 Å². The summed E-state index contributed by atoms with van der Waals surface area (Å²) in [4.78, 5) is 0. The molecular weight excluding hydrogens is 322 g/mol. The number of fused-ring (bicyclic) bond motifs is 2. The first-order valence-electron chi connectivity index (χ1n) is 8.12. The van der Waals surface area contributed by atoms with Crippen LogP contribution in [0.3, 0.4) is 0 Å². The smallest absolute Gasteiger partial charge is 0.195 e. The van der Waals surface area contributed by atoms with Crippen LogP contribution in [0.15, 0.2) is 41.7 Å². The van der Waals surface area contributed by atoms with Crippen LogP contribution in [0.25, 0.3) is 5.65 Å². The van der Waals surface area contributed by atoms with Gasteiger partial charge in [-0.2, -0.15) is 0 Å². The van der Waals surface area contributed by atoms with E-state index in [1.165, 1.54) is 5.56 Å². The van der Waals surface area contributed by atoms with Gasteiger partial charge in [0.05, 0.1) is 6.61 Å². The molecule has 1 aliphatic heterocycles. The molecule has 5 nitrogen and oxygen atoms in total. The predicted octanol–water partition coefficient (Wildman–Crippen LogP) is 3.74. The number of pyridine rings is 1. The number of nitrogens with zero attached hydrogens (tertiary/aromatic N) is 3. The van der Waals surface area contributed by atoms with E-state index in [1.807, 2.05) is 35.7 Å². The van der Waals surface area contributed by atoms with Gasteiger partial charge in [0.15, 0.2) is 10.8 Å². The molecule has 0 fully saturated rings. The Bertz CT molecular complexity index is 878. The molecule has 0 bridgehead atoms. The standard InChI is InChI=1S/C18H19N3O2S/c1-3-22-15-9-13-8-12(2)23-16(13)10-14(15)11-24-18-20-19-17-6-4-5-7-21(17)18/h4-7,9-10,12H,3,8,11H2,1-2H3. The fraction of sp³-hybridized carbons (Fsp3) is 0.333. The molecule has 2 aromatic heterocycles. The molecule has 1 aliphatic rings. The number of hydrogen-bond donors (Lipinski definition) is 0. The molecule has 4 rings (SSSR count). The van der Waals surface area contributed by atoms with Gasteiger partial charge in [-0.25, -0.2) is 0 Å². The van der Waals surface area contributed by atoms with E-state index >= 15 is 0 Å². The van der Waals surface area contributed by atoms with Crippen molar-refractivity contribution in [2.45, 2.75) is 37.3 Å². The molecule has 0 amide bonds. The van der Waals surface area contributed by atoms with Crippen LogP contribution >= 0.6 is 11.8 Å². The largest absolute Gasteiger partial charge is 0.494 e. The lowest BCUT2D eigenvalue weighted by Gasteiger charge is -2.12. The first-order chi connectivity index (χ1) is 11.7. The number of ether oxygens (including phenoxy) is 2. The Morgan fingerprint density at radius 3 is 3.12 bits per heavy atom. The number of benzene rings is 1. The monoisotopic (exact) mass is 341 g/mol. The maximum absolute atomic E-state index is 5.89. The Labute approximate surface area is 145 Å². The SMILES string of the molecule is CCOc1cc2c(cc1CSc1nnc3ccccn13)OC(C)C2. The number of aromatic nitrogens is 3. The lowest BCUT2D eigenvalue weighted by molar-refractivity contribution is 0.254. The Kier molecular flexibility index (Phi) is 4.06. The van der Waals surface area contributed by atoms with Crippen molar-refractivity contribution in [3.63, 3.8) is 0 Å². The lowest BCUT2D eigenvalue weighted by Crippen LogP contribution is -2.05. The summed E-state index contributed by atoms with van der Waals surface area (Å²) in [6.07, 6.45) is 3.16. The molecule has 1 atom stereocenters. The molecular formula is C18H19N3O2S. The van der Waals surface area contributed by atoms with Crippen molar-refractivity contribution in [2.24, 2.45) is 0 Å². The molecule has 24 heavy (non-hydrogen) atoms. The van der Waals surface area contributed by atoms with Gasteiger partial charge in [-0.05, 0) is 38.1 Å². The Morgan fingerprint density at radius 2 is 2.25 bits per heavy atom. The molecule has 1 aromatic carbocycles.